The van der Waals surface area contributed by atoms with Crippen LogP contribution in [0, 0.1) is 5.41 Å². The molecule has 0 aliphatic carbocycles. The number of methoxy groups -OCH3 is 1. The molecule has 2 aromatic carbocycles. The second kappa shape index (κ2) is 11.6. The van der Waals surface area contributed by atoms with Crippen LogP contribution in [0.4, 0.5) is 5.69 Å². The summed E-state index contributed by atoms with van der Waals surface area (Å²) in [4.78, 5) is 37.4. The number of nitrogens with two attached hydrogens (primary N) is 1. The predicted molar refractivity (Wildman–Crippen MR) is 126 cm³/mol. The van der Waals surface area contributed by atoms with Gasteiger partial charge >= 0.3 is 5.97 Å². The van der Waals surface area contributed by atoms with Gasteiger partial charge in [0.1, 0.15) is 0 Å². The molecule has 3 rings (SSSR count). The van der Waals surface area contributed by atoms with E-state index in [0.29, 0.717) is 28.5 Å². The molecule has 0 fully saturated rings. The van der Waals surface area contributed by atoms with Crippen LogP contribution in [0.15, 0.2) is 36.4 Å². The van der Waals surface area contributed by atoms with Gasteiger partial charge in [0, 0.05) is 11.3 Å². The molecule has 0 spiro atoms. The van der Waals surface area contributed by atoms with Gasteiger partial charge < -0.3 is 40.6 Å². The number of amides is 2. The molecular weight excluding hydrogens is 458 g/mol. The lowest BCUT2D eigenvalue weighted by Crippen LogP contribution is -2.39. The molecular formula is C23H27N5O7. The van der Waals surface area contributed by atoms with Crippen LogP contribution in [-0.4, -0.2) is 50.8 Å². The highest BCUT2D eigenvalue weighted by molar-refractivity contribution is 5.98. The number of anilines is 1. The zero-order chi connectivity index (χ0) is 25.4. The van der Waals surface area contributed by atoms with Crippen molar-refractivity contribution >= 4 is 29.4 Å². The highest BCUT2D eigenvalue weighted by Gasteiger charge is 2.26. The first-order valence-electron chi connectivity index (χ1n) is 10.7. The van der Waals surface area contributed by atoms with E-state index < -0.39 is 23.8 Å². The summed E-state index contributed by atoms with van der Waals surface area (Å²) in [6.45, 7) is 1.56. The van der Waals surface area contributed by atoms with Crippen molar-refractivity contribution in [1.82, 2.24) is 10.6 Å². The number of hydrogen-bond donors (Lipinski definition) is 5. The number of benzene rings is 2. The van der Waals surface area contributed by atoms with Crippen molar-refractivity contribution in [2.75, 3.05) is 32.4 Å². The Bertz CT molecular complexity index is 1120. The Morgan fingerprint density at radius 2 is 2.00 bits per heavy atom. The molecule has 0 radical (unpaired) electrons. The molecule has 2 aromatic rings. The number of carbonyl (C=O) groups excluding carboxylic acids is 3. The van der Waals surface area contributed by atoms with E-state index in [-0.39, 0.29) is 37.9 Å². The van der Waals surface area contributed by atoms with E-state index in [1.165, 1.54) is 13.2 Å². The topological polar surface area (TPSA) is 174 Å². The first-order chi connectivity index (χ1) is 16.8. The zero-order valence-corrected chi connectivity index (χ0v) is 19.3. The maximum atomic E-state index is 12.7. The van der Waals surface area contributed by atoms with Gasteiger partial charge in [0.25, 0.3) is 5.91 Å². The van der Waals surface area contributed by atoms with Gasteiger partial charge in [0.15, 0.2) is 17.5 Å². The smallest absolute Gasteiger partial charge is 0.308 e. The Morgan fingerprint density at radius 1 is 1.20 bits per heavy atom. The monoisotopic (exact) mass is 485 g/mol. The van der Waals surface area contributed by atoms with Gasteiger partial charge in [-0.1, -0.05) is 6.07 Å². The van der Waals surface area contributed by atoms with Gasteiger partial charge in [-0.2, -0.15) is 0 Å². The Morgan fingerprint density at radius 3 is 2.71 bits per heavy atom. The Kier molecular flexibility index (Phi) is 8.33. The van der Waals surface area contributed by atoms with E-state index in [2.05, 4.69) is 16.0 Å². The molecule has 12 nitrogen and oxygen atoms in total. The van der Waals surface area contributed by atoms with Crippen LogP contribution < -0.4 is 35.9 Å². The van der Waals surface area contributed by atoms with Crippen molar-refractivity contribution in [2.24, 2.45) is 5.73 Å². The average Bonchev–Trinajstić information content (AvgIpc) is 3.30. The Hall–Kier alpha value is -4.48. The molecule has 1 aliphatic heterocycles. The third-order valence-corrected chi connectivity index (χ3v) is 4.91. The van der Waals surface area contributed by atoms with Crippen LogP contribution in [0.1, 0.15) is 35.3 Å². The van der Waals surface area contributed by atoms with Gasteiger partial charge in [-0.3, -0.25) is 19.8 Å². The number of guanidine groups is 1. The molecule has 0 aromatic heterocycles. The van der Waals surface area contributed by atoms with E-state index in [9.17, 15) is 14.4 Å². The highest BCUT2D eigenvalue weighted by atomic mass is 16.7. The Balaban J connectivity index is 1.70. The predicted octanol–water partition coefficient (Wildman–Crippen LogP) is 1.27. The van der Waals surface area contributed by atoms with Crippen molar-refractivity contribution in [2.45, 2.75) is 19.4 Å². The number of esters is 1. The number of ether oxygens (including phenoxy) is 4. The molecule has 0 saturated heterocycles. The van der Waals surface area contributed by atoms with E-state index in [0.717, 1.165) is 0 Å². The van der Waals surface area contributed by atoms with Crippen LogP contribution in [0.2, 0.25) is 0 Å². The minimum absolute atomic E-state index is 0.0270. The zero-order valence-electron chi connectivity index (χ0n) is 19.3. The van der Waals surface area contributed by atoms with Gasteiger partial charge in [-0.25, -0.2) is 0 Å². The van der Waals surface area contributed by atoms with E-state index in [1.807, 2.05) is 0 Å². The van der Waals surface area contributed by atoms with Gasteiger partial charge in [0.05, 0.1) is 32.7 Å². The van der Waals surface area contributed by atoms with Crippen molar-refractivity contribution in [3.8, 4) is 17.2 Å². The van der Waals surface area contributed by atoms with Crippen LogP contribution in [0.5, 0.6) is 17.2 Å². The molecule has 2 amide bonds. The highest BCUT2D eigenvalue weighted by Crippen LogP contribution is 2.43. The number of nitrogens with one attached hydrogen (secondary N) is 4. The lowest BCUT2D eigenvalue weighted by molar-refractivity contribution is -0.143. The molecule has 186 valence electrons. The standard InChI is InChI=1S/C23H27N5O7/c1-3-33-20(30)10-16(14-8-17(32-2)21-18(9-14)34-12-35-21)28-19(29)11-26-22(31)13-5-4-6-15(7-13)27-23(24)25/h4-9,16H,3,10-12H2,1-2H3,(H,26,31)(H,28,29)(H4,24,25,27). The fourth-order valence-corrected chi connectivity index (χ4v) is 3.39. The normalized spacial score (nSPS) is 12.3. The molecule has 0 bridgehead atoms. The maximum Gasteiger partial charge on any atom is 0.308 e. The number of hydrogen-bond acceptors (Lipinski definition) is 8. The van der Waals surface area contributed by atoms with Gasteiger partial charge in [0.2, 0.25) is 18.4 Å². The minimum atomic E-state index is -0.773. The summed E-state index contributed by atoms with van der Waals surface area (Å²) in [5.74, 6) is -0.546. The summed E-state index contributed by atoms with van der Waals surface area (Å²) >= 11 is 0. The number of fused-ring (bicyclic) bond motifs is 1. The van der Waals surface area contributed by atoms with Crippen LogP contribution in [-0.2, 0) is 14.3 Å². The molecule has 6 N–H and O–H groups in total. The van der Waals surface area contributed by atoms with Gasteiger partial charge in [-0.05, 0) is 42.8 Å². The quantitative estimate of drug-likeness (QED) is 0.189. The average molecular weight is 485 g/mol. The maximum absolute atomic E-state index is 12.7. The molecule has 1 heterocycles. The Labute approximate surface area is 201 Å². The first-order valence-corrected chi connectivity index (χ1v) is 10.7. The lowest BCUT2D eigenvalue weighted by Gasteiger charge is -2.20. The summed E-state index contributed by atoms with van der Waals surface area (Å²) in [6.07, 6.45) is -0.144. The molecule has 1 unspecified atom stereocenters. The van der Waals surface area contributed by atoms with Gasteiger partial charge in [-0.15, -0.1) is 0 Å². The number of rotatable bonds is 10. The fraction of sp³-hybridized carbons (Fsp3) is 0.304. The third kappa shape index (κ3) is 6.76. The summed E-state index contributed by atoms with van der Waals surface area (Å²) in [7, 11) is 1.47. The summed E-state index contributed by atoms with van der Waals surface area (Å²) in [5.41, 5.74) is 6.58. The van der Waals surface area contributed by atoms with E-state index in [1.54, 1.807) is 37.3 Å². The van der Waals surface area contributed by atoms with Crippen molar-refractivity contribution in [1.29, 1.82) is 5.41 Å². The van der Waals surface area contributed by atoms with Crippen LogP contribution >= 0.6 is 0 Å². The third-order valence-electron chi connectivity index (χ3n) is 4.91. The molecule has 12 heteroatoms. The van der Waals surface area contributed by atoms with Crippen LogP contribution in [0.3, 0.4) is 0 Å². The molecule has 35 heavy (non-hydrogen) atoms. The van der Waals surface area contributed by atoms with Crippen molar-refractivity contribution < 1.29 is 33.3 Å². The largest absolute Gasteiger partial charge is 0.493 e. The number of carbonyl (C=O) groups is 3. The summed E-state index contributed by atoms with van der Waals surface area (Å²) in [5, 5.41) is 15.2. The summed E-state index contributed by atoms with van der Waals surface area (Å²) < 4.78 is 21.2. The molecule has 0 saturated carbocycles. The molecule has 1 aliphatic rings. The lowest BCUT2D eigenvalue weighted by atomic mass is 10.0. The van der Waals surface area contributed by atoms with Crippen LogP contribution in [0.25, 0.3) is 0 Å². The SMILES string of the molecule is CCOC(=O)CC(NC(=O)CNC(=O)c1cccc(NC(=N)N)c1)c1cc(OC)c2c(c1)OCO2. The second-order valence-electron chi connectivity index (χ2n) is 7.39. The van der Waals surface area contributed by atoms with E-state index in [4.69, 9.17) is 30.1 Å². The van der Waals surface area contributed by atoms with Crippen molar-refractivity contribution in [3.63, 3.8) is 0 Å². The fourth-order valence-electron chi connectivity index (χ4n) is 3.39. The van der Waals surface area contributed by atoms with E-state index >= 15 is 0 Å². The summed E-state index contributed by atoms with van der Waals surface area (Å²) in [6, 6.07) is 8.83. The van der Waals surface area contributed by atoms with Crippen molar-refractivity contribution in [3.05, 3.63) is 47.5 Å². The minimum Gasteiger partial charge on any atom is -0.493 e. The molecule has 1 atom stereocenters. The second-order valence-corrected chi connectivity index (χ2v) is 7.39. The first kappa shape index (κ1) is 25.1.